The SMILES string of the molecule is O=[Si](O)O.O=[Si](O)OO. The van der Waals surface area contributed by atoms with Crippen LogP contribution < -0.4 is 0 Å². The van der Waals surface area contributed by atoms with Crippen LogP contribution in [0.25, 0.3) is 0 Å². The summed E-state index contributed by atoms with van der Waals surface area (Å²) in [7, 11) is -6.20. The fourth-order valence-corrected chi connectivity index (χ4v) is 0. The Bertz CT molecular complexity index is 91.1. The van der Waals surface area contributed by atoms with Gasteiger partial charge in [-0.2, -0.15) is 0 Å². The summed E-state index contributed by atoms with van der Waals surface area (Å²) in [5, 5.41) is 7.13. The summed E-state index contributed by atoms with van der Waals surface area (Å²) in [4.78, 5) is 21.8. The molecule has 0 aliphatic heterocycles. The fraction of sp³-hybridized carbons (Fsp3) is 0. The van der Waals surface area contributed by atoms with Gasteiger partial charge in [0.1, 0.15) is 0 Å². The Morgan fingerprint density at radius 2 is 1.22 bits per heavy atom. The highest BCUT2D eigenvalue weighted by Gasteiger charge is 1.97. The van der Waals surface area contributed by atoms with Gasteiger partial charge in [-0.3, -0.25) is 8.92 Å². The van der Waals surface area contributed by atoms with Crippen molar-refractivity contribution in [2.24, 2.45) is 0 Å². The maximum absolute atomic E-state index is 9.08. The van der Waals surface area contributed by atoms with Crippen LogP contribution in [0.15, 0.2) is 0 Å². The number of hydrogen-bond donors (Lipinski definition) is 4. The minimum absolute atomic E-state index is 2.85. The Morgan fingerprint density at radius 1 is 1.11 bits per heavy atom. The van der Waals surface area contributed by atoms with Crippen molar-refractivity contribution in [3.8, 4) is 0 Å². The molecule has 0 fully saturated rings. The van der Waals surface area contributed by atoms with Gasteiger partial charge in [0.05, 0.1) is 0 Å². The van der Waals surface area contributed by atoms with E-state index in [1.165, 1.54) is 0 Å². The quantitative estimate of drug-likeness (QED) is 0.192. The minimum atomic E-state index is -3.13. The second-order valence-electron chi connectivity index (χ2n) is 0.640. The molecule has 0 aromatic rings. The predicted molar refractivity (Wildman–Crippen MR) is 23.3 cm³/mol. The normalized spacial score (nSPS) is 6.33. The van der Waals surface area contributed by atoms with Crippen LogP contribution in [0.3, 0.4) is 0 Å². The smallest absolute Gasteiger partial charge is 0.511 e. The van der Waals surface area contributed by atoms with E-state index < -0.39 is 18.3 Å². The van der Waals surface area contributed by atoms with E-state index in [9.17, 15) is 0 Å². The molecule has 9 heavy (non-hydrogen) atoms. The van der Waals surface area contributed by atoms with Crippen molar-refractivity contribution in [2.45, 2.75) is 0 Å². The molecular formula is H4O7Si2. The molecule has 0 atom stereocenters. The van der Waals surface area contributed by atoms with Gasteiger partial charge in [0.2, 0.25) is 0 Å². The molecule has 0 saturated heterocycles. The van der Waals surface area contributed by atoms with Gasteiger partial charge in [-0.25, -0.2) is 5.26 Å². The van der Waals surface area contributed by atoms with Crippen molar-refractivity contribution < 1.29 is 33.1 Å². The maximum Gasteiger partial charge on any atom is 0.798 e. The van der Waals surface area contributed by atoms with Crippen LogP contribution in [-0.4, -0.2) is 38.0 Å². The molecule has 7 nitrogen and oxygen atoms in total. The third-order valence-corrected chi connectivity index (χ3v) is 0.234. The molecular weight excluding hydrogens is 168 g/mol. The van der Waals surface area contributed by atoms with Gasteiger partial charge in [-0.1, -0.05) is 0 Å². The summed E-state index contributed by atoms with van der Waals surface area (Å²) >= 11 is 0. The van der Waals surface area contributed by atoms with Crippen molar-refractivity contribution in [1.29, 1.82) is 0 Å². The molecule has 0 heterocycles. The fourth-order valence-electron chi connectivity index (χ4n) is 0. The Kier molecular flexibility index (Phi) is 8.83. The average Bonchev–Trinajstić information content (AvgIpc) is 1.65. The van der Waals surface area contributed by atoms with E-state index in [1.807, 2.05) is 0 Å². The third-order valence-electron chi connectivity index (χ3n) is 0.0781. The Morgan fingerprint density at radius 3 is 1.22 bits per heavy atom. The first kappa shape index (κ1) is 11.1. The van der Waals surface area contributed by atoms with E-state index in [-0.39, 0.29) is 0 Å². The molecule has 0 aliphatic carbocycles. The lowest BCUT2D eigenvalue weighted by atomic mass is 15.0. The summed E-state index contributed by atoms with van der Waals surface area (Å²) in [6, 6.07) is 0. The van der Waals surface area contributed by atoms with Gasteiger partial charge < -0.3 is 19.0 Å². The first-order valence-corrected chi connectivity index (χ1v) is 4.03. The average molecular weight is 172 g/mol. The van der Waals surface area contributed by atoms with Crippen LogP contribution in [0.2, 0.25) is 0 Å². The molecule has 0 radical (unpaired) electrons. The molecule has 0 aromatic carbocycles. The first-order chi connectivity index (χ1) is 4.00. The molecule has 0 saturated carbocycles. The zero-order valence-electron chi connectivity index (χ0n) is 4.01. The van der Waals surface area contributed by atoms with E-state index in [0.29, 0.717) is 0 Å². The largest absolute Gasteiger partial charge is 0.798 e. The second kappa shape index (κ2) is 7.19. The number of hydrogen-bond acceptors (Lipinski definition) is 4. The molecule has 54 valence electrons. The van der Waals surface area contributed by atoms with Crippen LogP contribution in [-0.2, 0) is 13.5 Å². The van der Waals surface area contributed by atoms with Crippen LogP contribution in [0.4, 0.5) is 0 Å². The van der Waals surface area contributed by atoms with Gasteiger partial charge in [0.15, 0.2) is 0 Å². The summed E-state index contributed by atoms with van der Waals surface area (Å²) in [6.45, 7) is 0. The van der Waals surface area contributed by atoms with Crippen molar-refractivity contribution in [3.05, 3.63) is 0 Å². The highest BCUT2D eigenvalue weighted by Crippen LogP contribution is 1.49. The maximum atomic E-state index is 9.08. The van der Waals surface area contributed by atoms with Gasteiger partial charge >= 0.3 is 18.3 Å². The highest BCUT2D eigenvalue weighted by atomic mass is 28.3. The van der Waals surface area contributed by atoms with E-state index in [1.54, 1.807) is 0 Å². The standard InChI is InChI=1S/H2O4Si.H2O3Si/c1-4-5(2)3;1-4(2)3/h1-2H;1-2H. The van der Waals surface area contributed by atoms with Crippen LogP contribution in [0, 0.1) is 0 Å². The van der Waals surface area contributed by atoms with Crippen molar-refractivity contribution in [2.75, 3.05) is 0 Å². The summed E-state index contributed by atoms with van der Waals surface area (Å²) in [5.41, 5.74) is 0. The van der Waals surface area contributed by atoms with Crippen LogP contribution >= 0.6 is 0 Å². The lowest BCUT2D eigenvalue weighted by Crippen LogP contribution is -1.99. The lowest BCUT2D eigenvalue weighted by Gasteiger charge is -1.73. The van der Waals surface area contributed by atoms with E-state index in [0.717, 1.165) is 0 Å². The Balaban J connectivity index is 0. The number of rotatable bonds is 1. The monoisotopic (exact) mass is 172 g/mol. The Hall–Kier alpha value is -0.806. The van der Waals surface area contributed by atoms with E-state index in [4.69, 9.17) is 28.6 Å². The van der Waals surface area contributed by atoms with Crippen molar-refractivity contribution >= 4 is 18.3 Å². The third kappa shape index (κ3) is 136. The molecule has 0 bridgehead atoms. The molecule has 0 spiro atoms. The van der Waals surface area contributed by atoms with E-state index in [2.05, 4.69) is 4.58 Å². The predicted octanol–water partition coefficient (Wildman–Crippen LogP) is -2.73. The molecule has 9 heteroatoms. The zero-order chi connectivity index (χ0) is 7.86. The molecule has 0 amide bonds. The van der Waals surface area contributed by atoms with Crippen LogP contribution in [0.1, 0.15) is 0 Å². The molecule has 0 rings (SSSR count). The Labute approximate surface area is 52.5 Å². The highest BCUT2D eigenvalue weighted by molar-refractivity contribution is 6.23. The topological polar surface area (TPSA) is 124 Å². The summed E-state index contributed by atoms with van der Waals surface area (Å²) < 4.78 is 20.7. The van der Waals surface area contributed by atoms with Gasteiger partial charge in [-0.15, -0.1) is 0 Å². The molecule has 0 unspecified atom stereocenters. The van der Waals surface area contributed by atoms with Crippen molar-refractivity contribution in [3.63, 3.8) is 0 Å². The second-order valence-corrected chi connectivity index (χ2v) is 1.92. The van der Waals surface area contributed by atoms with Crippen LogP contribution in [0.5, 0.6) is 0 Å². The van der Waals surface area contributed by atoms with Crippen molar-refractivity contribution in [1.82, 2.24) is 0 Å². The molecule has 0 aliphatic rings. The minimum Gasteiger partial charge on any atom is -0.511 e. The first-order valence-electron chi connectivity index (χ1n) is 1.47. The summed E-state index contributed by atoms with van der Waals surface area (Å²) in [5.74, 6) is 0. The lowest BCUT2D eigenvalue weighted by molar-refractivity contribution is -0.161. The van der Waals surface area contributed by atoms with E-state index >= 15 is 0 Å². The van der Waals surface area contributed by atoms with Gasteiger partial charge in [0.25, 0.3) is 0 Å². The zero-order valence-corrected chi connectivity index (χ0v) is 6.01. The molecule has 4 N–H and O–H groups in total. The van der Waals surface area contributed by atoms with Gasteiger partial charge in [0, 0.05) is 0 Å². The summed E-state index contributed by atoms with van der Waals surface area (Å²) in [6.07, 6.45) is 0. The van der Waals surface area contributed by atoms with Gasteiger partial charge in [-0.05, 0) is 0 Å². The molecule has 0 aromatic heterocycles.